The van der Waals surface area contributed by atoms with Gasteiger partial charge in [-0.2, -0.15) is 4.68 Å². The minimum absolute atomic E-state index is 0.0321. The lowest BCUT2D eigenvalue weighted by Crippen LogP contribution is -2.48. The second-order valence-electron chi connectivity index (χ2n) is 15.8. The molecule has 0 aliphatic carbocycles. The molecule has 4 N–H and O–H groups in total. The average Bonchev–Trinajstić information content (AvgIpc) is 4.03. The first-order chi connectivity index (χ1) is 30.8. The third-order valence-corrected chi connectivity index (χ3v) is 11.5. The van der Waals surface area contributed by atoms with Crippen molar-refractivity contribution in [2.45, 2.75) is 76.8 Å². The number of furan rings is 1. The van der Waals surface area contributed by atoms with Crippen molar-refractivity contribution in [2.24, 2.45) is 0 Å². The Morgan fingerprint density at radius 1 is 0.873 bits per heavy atom. The van der Waals surface area contributed by atoms with Crippen molar-refractivity contribution in [1.82, 2.24) is 50.1 Å². The van der Waals surface area contributed by atoms with Gasteiger partial charge in [0.15, 0.2) is 5.65 Å². The molecule has 328 valence electrons. The van der Waals surface area contributed by atoms with Crippen LogP contribution >= 0.6 is 0 Å². The molecule has 8 rings (SSSR count). The monoisotopic (exact) mass is 857 g/mol. The van der Waals surface area contributed by atoms with E-state index in [0.717, 1.165) is 91.2 Å². The third kappa shape index (κ3) is 10.5. The van der Waals surface area contributed by atoms with Gasteiger partial charge >= 0.3 is 0 Å². The van der Waals surface area contributed by atoms with Gasteiger partial charge in [-0.25, -0.2) is 4.98 Å². The van der Waals surface area contributed by atoms with Crippen LogP contribution in [0, 0.1) is 0 Å². The first-order valence-electron chi connectivity index (χ1n) is 21.6. The molecule has 1 atom stereocenters. The zero-order chi connectivity index (χ0) is 43.5. The van der Waals surface area contributed by atoms with Crippen molar-refractivity contribution in [3.8, 4) is 11.3 Å². The van der Waals surface area contributed by atoms with Crippen molar-refractivity contribution < 1.29 is 23.6 Å². The Kier molecular flexibility index (Phi) is 13.6. The maximum Gasteiger partial charge on any atom is 0.278 e. The summed E-state index contributed by atoms with van der Waals surface area (Å²) in [5, 5.41) is 28.2. The van der Waals surface area contributed by atoms with E-state index in [9.17, 15) is 24.0 Å². The van der Waals surface area contributed by atoms with Crippen LogP contribution in [-0.4, -0.2) is 102 Å². The molecule has 6 heterocycles. The van der Waals surface area contributed by atoms with Crippen LogP contribution in [0.2, 0.25) is 0 Å². The van der Waals surface area contributed by atoms with E-state index in [1.54, 1.807) is 37.0 Å². The second kappa shape index (κ2) is 20.1. The number of unbranched alkanes of at least 4 members (excludes halogenated alkanes) is 6. The highest BCUT2D eigenvalue weighted by Gasteiger charge is 2.30. The number of fused-ring (bicyclic) bond motifs is 2. The number of benzene rings is 2. The van der Waals surface area contributed by atoms with Crippen LogP contribution in [0.1, 0.15) is 76.0 Å². The van der Waals surface area contributed by atoms with Gasteiger partial charge in [-0.15, -0.1) is 15.3 Å². The van der Waals surface area contributed by atoms with E-state index in [4.69, 9.17) is 9.40 Å². The number of carbonyl (C=O) groups is 4. The molecule has 1 unspecified atom stereocenters. The van der Waals surface area contributed by atoms with Crippen LogP contribution in [0.4, 0.5) is 17.2 Å². The predicted octanol–water partition coefficient (Wildman–Crippen LogP) is 4.08. The molecule has 19 nitrogen and oxygen atoms in total. The highest BCUT2D eigenvalue weighted by atomic mass is 16.3. The van der Waals surface area contributed by atoms with Crippen LogP contribution in [0.25, 0.3) is 27.8 Å². The average molecular weight is 858 g/mol. The summed E-state index contributed by atoms with van der Waals surface area (Å²) in [6.07, 6.45) is 13.0. The Labute approximate surface area is 362 Å². The Bertz CT molecular complexity index is 2600. The zero-order valence-corrected chi connectivity index (χ0v) is 35.0. The highest BCUT2D eigenvalue weighted by Crippen LogP contribution is 2.27. The molecule has 0 spiro atoms. The van der Waals surface area contributed by atoms with Gasteiger partial charge in [-0.1, -0.05) is 49.5 Å². The number of hydrogen-bond acceptors (Lipinski definition) is 14. The fourth-order valence-electron chi connectivity index (χ4n) is 7.99. The molecule has 2 fully saturated rings. The molecule has 6 aromatic rings. The maximum atomic E-state index is 13.1. The topological polar surface area (TPSA) is 227 Å². The lowest BCUT2D eigenvalue weighted by atomic mass is 10.1. The molecule has 2 aliphatic rings. The SMILES string of the molecule is O=C(CNc1ccc2nnn(C3CCC(=O)NC3=O)c(=O)c2c1)NCCCCCCCCCC(=O)N1CCN(c2ccc(-c3ncc(NCc4ccco4)n4cnnc34)cc2)CC1. The number of anilines is 3. The third-order valence-electron chi connectivity index (χ3n) is 11.5. The van der Waals surface area contributed by atoms with E-state index in [1.165, 1.54) is 0 Å². The van der Waals surface area contributed by atoms with Crippen molar-refractivity contribution in [2.75, 3.05) is 54.8 Å². The Balaban J connectivity index is 0.670. The van der Waals surface area contributed by atoms with Gasteiger partial charge in [0.2, 0.25) is 17.7 Å². The van der Waals surface area contributed by atoms with Crippen LogP contribution < -0.4 is 31.7 Å². The van der Waals surface area contributed by atoms with Gasteiger partial charge in [0, 0.05) is 62.5 Å². The van der Waals surface area contributed by atoms with E-state index in [1.807, 2.05) is 21.4 Å². The predicted molar refractivity (Wildman–Crippen MR) is 235 cm³/mol. The largest absolute Gasteiger partial charge is 0.467 e. The van der Waals surface area contributed by atoms with E-state index >= 15 is 0 Å². The lowest BCUT2D eigenvalue weighted by molar-refractivity contribution is -0.136. The minimum atomic E-state index is -0.908. The first-order valence-corrected chi connectivity index (χ1v) is 21.6. The van der Waals surface area contributed by atoms with E-state index in [2.05, 4.69) is 70.9 Å². The minimum Gasteiger partial charge on any atom is -0.467 e. The van der Waals surface area contributed by atoms with Crippen LogP contribution in [0.15, 0.2) is 82.6 Å². The highest BCUT2D eigenvalue weighted by molar-refractivity contribution is 5.99. The van der Waals surface area contributed by atoms with Crippen molar-refractivity contribution in [1.29, 1.82) is 0 Å². The van der Waals surface area contributed by atoms with Crippen molar-refractivity contribution >= 4 is 57.4 Å². The smallest absolute Gasteiger partial charge is 0.278 e. The normalized spacial score (nSPS) is 15.5. The number of amides is 4. The summed E-state index contributed by atoms with van der Waals surface area (Å²) in [5.41, 5.74) is 3.89. The fraction of sp³-hybridized carbons (Fsp3) is 0.409. The van der Waals surface area contributed by atoms with Gasteiger partial charge in [-0.05, 0) is 61.7 Å². The molecule has 4 amide bonds. The Morgan fingerprint density at radius 2 is 1.67 bits per heavy atom. The fourth-order valence-corrected chi connectivity index (χ4v) is 7.99. The van der Waals surface area contributed by atoms with Gasteiger partial charge in [-0.3, -0.25) is 33.7 Å². The van der Waals surface area contributed by atoms with Crippen LogP contribution in [-0.2, 0) is 25.7 Å². The number of aromatic nitrogens is 7. The molecule has 2 aromatic carbocycles. The van der Waals surface area contributed by atoms with Gasteiger partial charge in [0.25, 0.3) is 11.5 Å². The Hall–Kier alpha value is -7.18. The van der Waals surface area contributed by atoms with Crippen LogP contribution in [0.3, 0.4) is 0 Å². The van der Waals surface area contributed by atoms with Crippen molar-refractivity contribution in [3.05, 3.63) is 89.5 Å². The van der Waals surface area contributed by atoms with Gasteiger partial charge in [0.1, 0.15) is 35.2 Å². The molecule has 0 saturated carbocycles. The number of rotatable bonds is 19. The summed E-state index contributed by atoms with van der Waals surface area (Å²) in [5.74, 6) is 0.689. The molecular formula is C44H51N13O6. The zero-order valence-electron chi connectivity index (χ0n) is 35.0. The second-order valence-corrected chi connectivity index (χ2v) is 15.8. The number of nitrogens with zero attached hydrogens (tertiary/aromatic N) is 9. The molecular weight excluding hydrogens is 807 g/mol. The van der Waals surface area contributed by atoms with Gasteiger partial charge < -0.3 is 30.2 Å². The quantitative estimate of drug-likeness (QED) is 0.0666. The Morgan fingerprint density at radius 3 is 2.44 bits per heavy atom. The summed E-state index contributed by atoms with van der Waals surface area (Å²) in [6.45, 7) is 4.10. The molecule has 0 radical (unpaired) electrons. The standard InChI is InChI=1S/C44H51N13O6/c58-38-18-17-36(43(61)50-38)57-44(62)34-25-31(13-16-35(34)51-53-57)46-28-39(59)45-19-7-5-3-1-2-4-6-10-40(60)55-22-20-54(21-23-55)32-14-11-30(12-15-32)41-42-52-49-29-56(42)37(27-48-41)47-26-33-9-8-24-63-33/h8-9,11-16,24-25,27,29,36,46-47H,1-7,10,17-23,26,28H2,(H,45,59)(H,50,58,61). The molecule has 0 bridgehead atoms. The molecule has 19 heteroatoms. The van der Waals surface area contributed by atoms with E-state index in [-0.39, 0.29) is 42.5 Å². The van der Waals surface area contributed by atoms with Crippen LogP contribution in [0.5, 0.6) is 0 Å². The molecule has 2 saturated heterocycles. The lowest BCUT2D eigenvalue weighted by Gasteiger charge is -2.36. The number of imide groups is 1. The maximum absolute atomic E-state index is 13.1. The summed E-state index contributed by atoms with van der Waals surface area (Å²) in [4.78, 5) is 71.4. The molecule has 2 aliphatic heterocycles. The van der Waals surface area contributed by atoms with Gasteiger partial charge in [0.05, 0.1) is 30.9 Å². The van der Waals surface area contributed by atoms with E-state index < -0.39 is 17.5 Å². The summed E-state index contributed by atoms with van der Waals surface area (Å²) < 4.78 is 8.32. The molecule has 4 aromatic heterocycles. The van der Waals surface area contributed by atoms with E-state index in [0.29, 0.717) is 49.5 Å². The number of piperazine rings is 1. The number of carbonyl (C=O) groups excluding carboxylic acids is 4. The summed E-state index contributed by atoms with van der Waals surface area (Å²) in [7, 11) is 0. The number of nitrogens with one attached hydrogen (secondary N) is 4. The molecule has 63 heavy (non-hydrogen) atoms. The first kappa shape index (κ1) is 42.5. The number of hydrogen-bond donors (Lipinski definition) is 4. The van der Waals surface area contributed by atoms with Crippen molar-refractivity contribution in [3.63, 3.8) is 0 Å². The summed E-state index contributed by atoms with van der Waals surface area (Å²) in [6, 6.07) is 16.1. The number of piperidine rings is 1. The summed E-state index contributed by atoms with van der Waals surface area (Å²) >= 11 is 0.